The Morgan fingerprint density at radius 2 is 1.37 bits per heavy atom. The molecule has 27 heavy (non-hydrogen) atoms. The van der Waals surface area contributed by atoms with Crippen LogP contribution in [0.25, 0.3) is 0 Å². The fourth-order valence-corrected chi connectivity index (χ4v) is 2.08. The van der Waals surface area contributed by atoms with Gasteiger partial charge in [0.25, 0.3) is 0 Å². The summed E-state index contributed by atoms with van der Waals surface area (Å²) in [7, 11) is 2.12. The molecule has 1 aliphatic heterocycles. The van der Waals surface area contributed by atoms with Crippen LogP contribution < -0.4 is 0 Å². The molecule has 0 fully saturated rings. The van der Waals surface area contributed by atoms with Gasteiger partial charge in [-0.05, 0) is 6.42 Å². The highest BCUT2D eigenvalue weighted by Gasteiger charge is 2.18. The molecule has 0 amide bonds. The predicted octanol–water partition coefficient (Wildman–Crippen LogP) is 3.66. The summed E-state index contributed by atoms with van der Waals surface area (Å²) in [6, 6.07) is 0. The Labute approximate surface area is 157 Å². The average molecular weight is 390 g/mol. The minimum Gasteiger partial charge on any atom is -0.449 e. The third-order valence-corrected chi connectivity index (χ3v) is 3.24. The first kappa shape index (κ1) is 24.0. The molecule has 0 spiro atoms. The second-order valence-corrected chi connectivity index (χ2v) is 5.61. The predicted molar refractivity (Wildman–Crippen MR) is 91.9 cm³/mol. The molecule has 1 heterocycles. The van der Waals surface area contributed by atoms with Crippen LogP contribution in [-0.2, 0) is 14.2 Å². The Hall–Kier alpha value is -2.98. The molecule has 0 bridgehead atoms. The Bertz CT molecular complexity index is 496. The lowest BCUT2D eigenvalue weighted by Gasteiger charge is -2.17. The van der Waals surface area contributed by atoms with Gasteiger partial charge in [0.2, 0.25) is 0 Å². The van der Waals surface area contributed by atoms with Gasteiger partial charge in [0.05, 0.1) is 6.67 Å². The monoisotopic (exact) mass is 390 g/mol. The van der Waals surface area contributed by atoms with E-state index in [9.17, 15) is 19.2 Å². The van der Waals surface area contributed by atoms with Crippen LogP contribution in [0.4, 0.5) is 19.2 Å². The molecule has 0 saturated carbocycles. The Morgan fingerprint density at radius 1 is 0.852 bits per heavy atom. The van der Waals surface area contributed by atoms with Gasteiger partial charge in [0.15, 0.2) is 0 Å². The van der Waals surface area contributed by atoms with Gasteiger partial charge in [0, 0.05) is 26.0 Å². The first-order chi connectivity index (χ1) is 12.7. The van der Waals surface area contributed by atoms with Gasteiger partial charge >= 0.3 is 24.6 Å². The molecule has 0 unspecified atom stereocenters. The Balaban J connectivity index is 0.000000503. The van der Waals surface area contributed by atoms with Gasteiger partial charge in [-0.2, -0.15) is 0 Å². The molecule has 11 nitrogen and oxygen atoms in total. The molecule has 0 aliphatic carbocycles. The van der Waals surface area contributed by atoms with Crippen molar-refractivity contribution in [2.45, 2.75) is 45.4 Å². The Morgan fingerprint density at radius 3 is 1.81 bits per heavy atom. The lowest BCUT2D eigenvalue weighted by atomic mass is 10.1. The van der Waals surface area contributed by atoms with Crippen molar-refractivity contribution in [2.75, 3.05) is 20.3 Å². The molecule has 2 N–H and O–H groups in total. The highest BCUT2D eigenvalue weighted by Crippen LogP contribution is 2.08. The van der Waals surface area contributed by atoms with Crippen molar-refractivity contribution < 1.29 is 43.6 Å². The summed E-state index contributed by atoms with van der Waals surface area (Å²) >= 11 is 0. The van der Waals surface area contributed by atoms with Gasteiger partial charge in [-0.15, -0.1) is 0 Å². The van der Waals surface area contributed by atoms with Crippen molar-refractivity contribution in [3.8, 4) is 0 Å². The quantitative estimate of drug-likeness (QED) is 0.373. The lowest BCUT2D eigenvalue weighted by Crippen LogP contribution is -2.23. The summed E-state index contributed by atoms with van der Waals surface area (Å²) in [6.07, 6.45) is 4.87. The number of carboxylic acid groups (broad SMARTS) is 2. The third kappa shape index (κ3) is 15.0. The van der Waals surface area contributed by atoms with Gasteiger partial charge in [-0.1, -0.05) is 39.0 Å². The molecule has 0 atom stereocenters. The van der Waals surface area contributed by atoms with Crippen molar-refractivity contribution >= 4 is 24.6 Å². The smallest absolute Gasteiger partial charge is 0.449 e. The van der Waals surface area contributed by atoms with Crippen LogP contribution in [0.15, 0.2) is 12.4 Å². The maximum atomic E-state index is 10.1. The van der Waals surface area contributed by atoms with Crippen LogP contribution in [0, 0.1) is 0 Å². The van der Waals surface area contributed by atoms with E-state index in [1.807, 2.05) is 0 Å². The average Bonchev–Trinajstić information content (AvgIpc) is 2.95. The number of ether oxygens (including phenoxy) is 3. The van der Waals surface area contributed by atoms with E-state index in [1.165, 1.54) is 45.1 Å². The number of nitrogens with zero attached hydrogens (tertiary/aromatic N) is 2. The number of rotatable bonds is 7. The highest BCUT2D eigenvalue weighted by molar-refractivity contribution is 5.86. The van der Waals surface area contributed by atoms with E-state index >= 15 is 0 Å². The van der Waals surface area contributed by atoms with E-state index in [4.69, 9.17) is 10.2 Å². The number of unbranched alkanes of at least 4 members (excludes halogenated alkanes) is 5. The highest BCUT2D eigenvalue weighted by atomic mass is 16.9. The van der Waals surface area contributed by atoms with Crippen LogP contribution >= 0.6 is 0 Å². The summed E-state index contributed by atoms with van der Waals surface area (Å²) in [5.74, 6) is 0. The van der Waals surface area contributed by atoms with E-state index in [2.05, 4.69) is 50.4 Å². The molecule has 0 aromatic carbocycles. The number of carbonyl (C=O) groups is 4. The minimum atomic E-state index is -2.01. The fourth-order valence-electron chi connectivity index (χ4n) is 2.08. The molecular formula is C16H26N2O9. The van der Waals surface area contributed by atoms with Crippen LogP contribution in [0.5, 0.6) is 0 Å². The van der Waals surface area contributed by atoms with Gasteiger partial charge < -0.3 is 34.2 Å². The largest absolute Gasteiger partial charge is 0.528 e. The summed E-state index contributed by atoms with van der Waals surface area (Å²) < 4.78 is 9.92. The molecule has 11 heteroatoms. The normalized spacial score (nSPS) is 12.1. The molecule has 154 valence electrons. The van der Waals surface area contributed by atoms with E-state index in [-0.39, 0.29) is 0 Å². The summed E-state index contributed by atoms with van der Waals surface area (Å²) in [6.45, 7) is 4.58. The topological polar surface area (TPSA) is 143 Å². The van der Waals surface area contributed by atoms with E-state index in [0.717, 1.165) is 6.67 Å². The van der Waals surface area contributed by atoms with E-state index in [0.29, 0.717) is 0 Å². The van der Waals surface area contributed by atoms with Crippen molar-refractivity contribution in [3.63, 3.8) is 0 Å². The van der Waals surface area contributed by atoms with Crippen molar-refractivity contribution in [2.24, 2.45) is 0 Å². The second-order valence-electron chi connectivity index (χ2n) is 5.61. The SMILES string of the molecule is CCCCCCCCN1C=CN(C)C1.O=C(O)OC(=O)OC(=O)OC(=O)O. The van der Waals surface area contributed by atoms with Crippen molar-refractivity contribution in [1.82, 2.24) is 9.80 Å². The van der Waals surface area contributed by atoms with Crippen LogP contribution in [0.3, 0.4) is 0 Å². The molecule has 0 aromatic rings. The zero-order valence-corrected chi connectivity index (χ0v) is 15.5. The number of hydrogen-bond donors (Lipinski definition) is 2. The van der Waals surface area contributed by atoms with Crippen LogP contribution in [-0.4, -0.2) is 64.9 Å². The minimum absolute atomic E-state index is 1.08. The first-order valence-corrected chi connectivity index (χ1v) is 8.44. The van der Waals surface area contributed by atoms with E-state index in [1.54, 1.807) is 0 Å². The van der Waals surface area contributed by atoms with Gasteiger partial charge in [-0.25, -0.2) is 19.2 Å². The molecule has 1 aliphatic rings. The van der Waals surface area contributed by atoms with Crippen molar-refractivity contribution in [1.29, 1.82) is 0 Å². The third-order valence-electron chi connectivity index (χ3n) is 3.24. The maximum absolute atomic E-state index is 10.1. The number of carbonyl (C=O) groups excluding carboxylic acids is 2. The second kappa shape index (κ2) is 14.2. The maximum Gasteiger partial charge on any atom is 0.528 e. The summed E-state index contributed by atoms with van der Waals surface area (Å²) in [5, 5.41) is 15.6. The van der Waals surface area contributed by atoms with Crippen molar-refractivity contribution in [3.05, 3.63) is 12.4 Å². The number of hydrogen-bond acceptors (Lipinski definition) is 9. The van der Waals surface area contributed by atoms with Crippen LogP contribution in [0.2, 0.25) is 0 Å². The summed E-state index contributed by atoms with van der Waals surface area (Å²) in [5.41, 5.74) is 0. The lowest BCUT2D eigenvalue weighted by molar-refractivity contribution is 0.0415. The zero-order valence-electron chi connectivity index (χ0n) is 15.5. The van der Waals surface area contributed by atoms with Gasteiger partial charge in [0.1, 0.15) is 0 Å². The first-order valence-electron chi connectivity index (χ1n) is 8.44. The standard InChI is InChI=1S/C12H24N2.C4H2O9/c1-3-4-5-6-7-8-9-14-11-10-13(2)12-14;5-1(6)11-3(9)13-4(10)12-2(7)8/h10-11H,3-9,12H2,1-2H3;(H,5,6)(H,7,8). The van der Waals surface area contributed by atoms with E-state index < -0.39 is 24.6 Å². The fraction of sp³-hybridized carbons (Fsp3) is 0.625. The summed E-state index contributed by atoms with van der Waals surface area (Å²) in [4.78, 5) is 44.1. The Kier molecular flexibility index (Phi) is 12.6. The molecule has 1 rings (SSSR count). The molecule has 0 aromatic heterocycles. The molecular weight excluding hydrogens is 364 g/mol. The van der Waals surface area contributed by atoms with Crippen LogP contribution in [0.1, 0.15) is 45.4 Å². The zero-order chi connectivity index (χ0) is 20.7. The van der Waals surface area contributed by atoms with Gasteiger partial charge in [-0.3, -0.25) is 0 Å². The molecule has 0 saturated heterocycles. The molecule has 0 radical (unpaired) electrons.